The monoisotopic (exact) mass is 157 g/mol. The molecule has 0 aromatic carbocycles. The van der Waals surface area contributed by atoms with Crippen LogP contribution in [-0.4, -0.2) is 5.11 Å². The van der Waals surface area contributed by atoms with Crippen LogP contribution in [0.15, 0.2) is 0 Å². The van der Waals surface area contributed by atoms with Gasteiger partial charge in [0.05, 0.1) is 6.10 Å². The lowest BCUT2D eigenvalue weighted by molar-refractivity contribution is 0.210. The van der Waals surface area contributed by atoms with Crippen molar-refractivity contribution >= 4 is 0 Å². The maximum absolute atomic E-state index is 9.48. The molecule has 0 spiro atoms. The van der Waals surface area contributed by atoms with E-state index in [0.717, 1.165) is 19.3 Å². The highest BCUT2D eigenvalue weighted by molar-refractivity contribution is 4.81. The predicted octanol–water partition coefficient (Wildman–Crippen LogP) is 3.37. The van der Waals surface area contributed by atoms with Gasteiger partial charge >= 0.3 is 0 Å². The second kappa shape index (κ2) is 5.59. The summed E-state index contributed by atoms with van der Waals surface area (Å²) < 4.78 is 0. The van der Waals surface area contributed by atoms with Crippen LogP contribution in [0.2, 0.25) is 0 Å². The molecule has 0 heterocycles. The smallest absolute Gasteiger partial charge is 0.0961 e. The Labute approximate surface area is 70.8 Å². The topological polar surface area (TPSA) is 20.2 Å². The molecule has 1 unspecified atom stereocenters. The third kappa shape index (κ3) is 5.25. The molecule has 0 amide bonds. The fraction of sp³-hybridized carbons (Fsp3) is 0.900. The highest BCUT2D eigenvalue weighted by atomic mass is 16.3. The van der Waals surface area contributed by atoms with Crippen LogP contribution in [-0.2, 0) is 0 Å². The lowest BCUT2D eigenvalue weighted by Crippen LogP contribution is -2.08. The quantitative estimate of drug-likeness (QED) is 0.648. The molecule has 0 saturated carbocycles. The van der Waals surface area contributed by atoms with Crippen LogP contribution in [0.4, 0.5) is 0 Å². The molecule has 0 aliphatic rings. The third-order valence-electron chi connectivity index (χ3n) is 2.16. The van der Waals surface area contributed by atoms with Gasteiger partial charge in [0.25, 0.3) is 0 Å². The summed E-state index contributed by atoms with van der Waals surface area (Å²) in [5, 5.41) is 9.48. The van der Waals surface area contributed by atoms with Crippen molar-refractivity contribution in [3.05, 3.63) is 6.10 Å². The zero-order valence-corrected chi connectivity index (χ0v) is 8.22. The number of hydrogen-bond donors (Lipinski definition) is 1. The molecule has 0 aromatic heterocycles. The van der Waals surface area contributed by atoms with E-state index in [-0.39, 0.29) is 0 Å². The van der Waals surface area contributed by atoms with Crippen LogP contribution in [0.3, 0.4) is 0 Å². The van der Waals surface area contributed by atoms with Gasteiger partial charge in [-0.25, -0.2) is 0 Å². The predicted molar refractivity (Wildman–Crippen MR) is 48.7 cm³/mol. The van der Waals surface area contributed by atoms with E-state index in [4.69, 9.17) is 0 Å². The molecule has 11 heavy (non-hydrogen) atoms. The Kier molecular flexibility index (Phi) is 5.57. The van der Waals surface area contributed by atoms with Gasteiger partial charge in [-0.15, -0.1) is 0 Å². The molecule has 0 aliphatic heterocycles. The lowest BCUT2D eigenvalue weighted by atomic mass is 9.95. The van der Waals surface area contributed by atoms with E-state index in [2.05, 4.69) is 27.7 Å². The second-order valence-corrected chi connectivity index (χ2v) is 3.73. The molecule has 0 aliphatic carbocycles. The van der Waals surface area contributed by atoms with Crippen molar-refractivity contribution in [3.63, 3.8) is 0 Å². The molecule has 67 valence electrons. The van der Waals surface area contributed by atoms with Crippen molar-refractivity contribution in [1.29, 1.82) is 0 Å². The van der Waals surface area contributed by atoms with Crippen molar-refractivity contribution in [3.8, 4) is 0 Å². The SMILES string of the molecule is CCC(C)[C](O)CCC(C)C. The van der Waals surface area contributed by atoms with E-state index in [1.165, 1.54) is 0 Å². The van der Waals surface area contributed by atoms with Crippen molar-refractivity contribution in [2.75, 3.05) is 0 Å². The van der Waals surface area contributed by atoms with Crippen molar-refractivity contribution < 1.29 is 5.11 Å². The molecule has 1 atom stereocenters. The summed E-state index contributed by atoms with van der Waals surface area (Å²) in [6, 6.07) is 0. The summed E-state index contributed by atoms with van der Waals surface area (Å²) >= 11 is 0. The van der Waals surface area contributed by atoms with E-state index in [1.807, 2.05) is 0 Å². The van der Waals surface area contributed by atoms with Crippen LogP contribution in [0.1, 0.15) is 47.0 Å². The fourth-order valence-corrected chi connectivity index (χ4v) is 0.919. The fourth-order valence-electron chi connectivity index (χ4n) is 0.919. The first-order valence-corrected chi connectivity index (χ1v) is 4.62. The molecule has 0 saturated heterocycles. The van der Waals surface area contributed by atoms with E-state index in [0.29, 0.717) is 17.9 Å². The third-order valence-corrected chi connectivity index (χ3v) is 2.16. The first-order valence-electron chi connectivity index (χ1n) is 4.62. The normalized spacial score (nSPS) is 14.5. The maximum atomic E-state index is 9.48. The minimum absolute atomic E-state index is 0.383. The van der Waals surface area contributed by atoms with Crippen LogP contribution in [0, 0.1) is 17.9 Å². The minimum Gasteiger partial charge on any atom is -0.387 e. The van der Waals surface area contributed by atoms with Gasteiger partial charge in [0, 0.05) is 0 Å². The van der Waals surface area contributed by atoms with E-state index < -0.39 is 0 Å². The van der Waals surface area contributed by atoms with Gasteiger partial charge in [0.15, 0.2) is 0 Å². The Morgan fingerprint density at radius 2 is 1.82 bits per heavy atom. The van der Waals surface area contributed by atoms with Gasteiger partial charge < -0.3 is 5.11 Å². The average Bonchev–Trinajstić information content (AvgIpc) is 1.98. The maximum Gasteiger partial charge on any atom is 0.0961 e. The first kappa shape index (κ1) is 11.0. The van der Waals surface area contributed by atoms with Gasteiger partial charge in [0.1, 0.15) is 0 Å². The van der Waals surface area contributed by atoms with E-state index >= 15 is 0 Å². The molecule has 1 heteroatoms. The van der Waals surface area contributed by atoms with E-state index in [9.17, 15) is 5.11 Å². The Balaban J connectivity index is 3.43. The van der Waals surface area contributed by atoms with Gasteiger partial charge in [-0.1, -0.05) is 34.1 Å². The summed E-state index contributed by atoms with van der Waals surface area (Å²) in [4.78, 5) is 0. The Bertz CT molecular complexity index is 88.9. The largest absolute Gasteiger partial charge is 0.387 e. The van der Waals surface area contributed by atoms with Crippen LogP contribution in [0.25, 0.3) is 0 Å². The van der Waals surface area contributed by atoms with Gasteiger partial charge in [-0.3, -0.25) is 0 Å². The summed E-state index contributed by atoms with van der Waals surface area (Å²) in [5.74, 6) is 1.08. The number of hydrogen-bond acceptors (Lipinski definition) is 1. The Morgan fingerprint density at radius 1 is 1.27 bits per heavy atom. The zero-order chi connectivity index (χ0) is 8.85. The highest BCUT2D eigenvalue weighted by Gasteiger charge is 2.13. The highest BCUT2D eigenvalue weighted by Crippen LogP contribution is 2.21. The summed E-state index contributed by atoms with van der Waals surface area (Å²) in [6.45, 7) is 8.56. The molecule has 1 N–H and O–H groups in total. The Hall–Kier alpha value is -0.0400. The molecule has 0 aromatic rings. The molecule has 1 nitrogen and oxygen atoms in total. The number of rotatable bonds is 5. The van der Waals surface area contributed by atoms with Crippen molar-refractivity contribution in [2.24, 2.45) is 11.8 Å². The average molecular weight is 157 g/mol. The molecular formula is C10H21O. The van der Waals surface area contributed by atoms with Crippen LogP contribution >= 0.6 is 0 Å². The number of aliphatic hydroxyl groups is 1. The van der Waals surface area contributed by atoms with Gasteiger partial charge in [-0.05, 0) is 24.7 Å². The van der Waals surface area contributed by atoms with Gasteiger partial charge in [0.2, 0.25) is 0 Å². The van der Waals surface area contributed by atoms with Crippen LogP contribution in [0.5, 0.6) is 0 Å². The minimum atomic E-state index is 0.383. The lowest BCUT2D eigenvalue weighted by Gasteiger charge is -2.16. The van der Waals surface area contributed by atoms with Gasteiger partial charge in [-0.2, -0.15) is 0 Å². The summed E-state index contributed by atoms with van der Waals surface area (Å²) in [5.41, 5.74) is 0. The van der Waals surface area contributed by atoms with Crippen molar-refractivity contribution in [2.45, 2.75) is 47.0 Å². The van der Waals surface area contributed by atoms with E-state index in [1.54, 1.807) is 0 Å². The summed E-state index contributed by atoms with van der Waals surface area (Å²) in [6.07, 6.45) is 3.72. The zero-order valence-electron chi connectivity index (χ0n) is 8.22. The standard InChI is InChI=1S/C10H21O/c1-5-9(4)10(11)7-6-8(2)3/h8-9,11H,5-7H2,1-4H3. The summed E-state index contributed by atoms with van der Waals surface area (Å²) in [7, 11) is 0. The Morgan fingerprint density at radius 3 is 2.18 bits per heavy atom. The number of aliphatic hydroxyl groups excluding tert-OH is 1. The molecule has 1 radical (unpaired) electrons. The molecule has 0 bridgehead atoms. The first-order chi connectivity index (χ1) is 5.07. The molecule has 0 fully saturated rings. The molecular weight excluding hydrogens is 136 g/mol. The van der Waals surface area contributed by atoms with Crippen molar-refractivity contribution in [1.82, 2.24) is 0 Å². The second-order valence-electron chi connectivity index (χ2n) is 3.73. The molecule has 0 rings (SSSR count). The van der Waals surface area contributed by atoms with Crippen LogP contribution < -0.4 is 0 Å².